The fraction of sp³-hybridized carbons (Fsp3) is 0. The molecule has 0 unspecified atom stereocenters. The van der Waals surface area contributed by atoms with Crippen LogP contribution < -0.4 is 5.73 Å². The number of hydrogen-bond donors (Lipinski definition) is 2. The standard InChI is InChI=1S/C12H10N4/c13-12-9-5-2-1-4-8(9)11(15-16-12)10-6-3-7-14-10/h1-7,14H,(H2,13,16). The van der Waals surface area contributed by atoms with Gasteiger partial charge in [0.25, 0.3) is 0 Å². The molecule has 0 aliphatic carbocycles. The number of H-pyrrole nitrogens is 1. The third kappa shape index (κ3) is 1.24. The number of nitrogen functional groups attached to an aromatic ring is 1. The summed E-state index contributed by atoms with van der Waals surface area (Å²) in [5.74, 6) is 0.464. The zero-order chi connectivity index (χ0) is 11.0. The smallest absolute Gasteiger partial charge is 0.154 e. The zero-order valence-corrected chi connectivity index (χ0v) is 8.51. The van der Waals surface area contributed by atoms with Crippen molar-refractivity contribution in [2.24, 2.45) is 0 Å². The van der Waals surface area contributed by atoms with Gasteiger partial charge in [-0.25, -0.2) is 0 Å². The fourth-order valence-corrected chi connectivity index (χ4v) is 1.80. The van der Waals surface area contributed by atoms with E-state index in [0.29, 0.717) is 5.82 Å². The van der Waals surface area contributed by atoms with E-state index in [9.17, 15) is 0 Å². The van der Waals surface area contributed by atoms with Crippen LogP contribution in [0, 0.1) is 0 Å². The lowest BCUT2D eigenvalue weighted by atomic mass is 10.1. The lowest BCUT2D eigenvalue weighted by Gasteiger charge is -2.04. The number of fused-ring (bicyclic) bond motifs is 1. The molecule has 0 aliphatic heterocycles. The molecule has 0 bridgehead atoms. The minimum atomic E-state index is 0.464. The average molecular weight is 210 g/mol. The molecule has 3 aromatic rings. The van der Waals surface area contributed by atoms with Crippen LogP contribution in [0.15, 0.2) is 42.6 Å². The minimum absolute atomic E-state index is 0.464. The summed E-state index contributed by atoms with van der Waals surface area (Å²) in [6, 6.07) is 11.8. The molecule has 0 radical (unpaired) electrons. The van der Waals surface area contributed by atoms with Crippen molar-refractivity contribution >= 4 is 16.6 Å². The second-order valence-corrected chi connectivity index (χ2v) is 3.56. The molecule has 0 amide bonds. The van der Waals surface area contributed by atoms with Crippen LogP contribution in [0.5, 0.6) is 0 Å². The second-order valence-electron chi connectivity index (χ2n) is 3.56. The highest BCUT2D eigenvalue weighted by Crippen LogP contribution is 2.26. The van der Waals surface area contributed by atoms with E-state index in [0.717, 1.165) is 22.2 Å². The van der Waals surface area contributed by atoms with Crippen molar-refractivity contribution in [1.29, 1.82) is 0 Å². The van der Waals surface area contributed by atoms with Gasteiger partial charge in [0.2, 0.25) is 0 Å². The summed E-state index contributed by atoms with van der Waals surface area (Å²) in [5, 5.41) is 10.1. The Bertz CT molecular complexity index is 629. The van der Waals surface area contributed by atoms with E-state index in [4.69, 9.17) is 5.73 Å². The highest BCUT2D eigenvalue weighted by atomic mass is 15.1. The maximum Gasteiger partial charge on any atom is 0.154 e. The number of anilines is 1. The molecule has 0 aliphatic rings. The Morgan fingerprint density at radius 3 is 2.50 bits per heavy atom. The van der Waals surface area contributed by atoms with Crippen LogP contribution in [-0.2, 0) is 0 Å². The van der Waals surface area contributed by atoms with Crippen molar-refractivity contribution in [2.75, 3.05) is 5.73 Å². The summed E-state index contributed by atoms with van der Waals surface area (Å²) in [6.07, 6.45) is 1.86. The van der Waals surface area contributed by atoms with Gasteiger partial charge < -0.3 is 10.7 Å². The van der Waals surface area contributed by atoms with Crippen molar-refractivity contribution < 1.29 is 0 Å². The van der Waals surface area contributed by atoms with Gasteiger partial charge in [0.1, 0.15) is 5.69 Å². The highest BCUT2D eigenvalue weighted by molar-refractivity contribution is 5.98. The molecular formula is C12H10N4. The Morgan fingerprint density at radius 2 is 1.75 bits per heavy atom. The van der Waals surface area contributed by atoms with Crippen molar-refractivity contribution in [3.05, 3.63) is 42.6 Å². The topological polar surface area (TPSA) is 67.6 Å². The number of aromatic amines is 1. The van der Waals surface area contributed by atoms with E-state index in [1.54, 1.807) is 0 Å². The first-order chi connectivity index (χ1) is 7.86. The Kier molecular flexibility index (Phi) is 1.86. The molecule has 0 atom stereocenters. The van der Waals surface area contributed by atoms with E-state index in [2.05, 4.69) is 15.2 Å². The normalized spacial score (nSPS) is 10.8. The van der Waals surface area contributed by atoms with E-state index in [-0.39, 0.29) is 0 Å². The number of nitrogens with zero attached hydrogens (tertiary/aromatic N) is 2. The summed E-state index contributed by atoms with van der Waals surface area (Å²) >= 11 is 0. The summed E-state index contributed by atoms with van der Waals surface area (Å²) in [7, 11) is 0. The molecule has 0 spiro atoms. The molecule has 1 aromatic carbocycles. The second kappa shape index (κ2) is 3.34. The predicted octanol–water partition coefficient (Wildman–Crippen LogP) is 2.21. The summed E-state index contributed by atoms with van der Waals surface area (Å²) in [6.45, 7) is 0. The van der Waals surface area contributed by atoms with Crippen molar-refractivity contribution in [3.8, 4) is 11.4 Å². The van der Waals surface area contributed by atoms with Crippen LogP contribution in [0.3, 0.4) is 0 Å². The fourth-order valence-electron chi connectivity index (χ4n) is 1.80. The molecule has 0 fully saturated rings. The number of rotatable bonds is 1. The molecule has 4 heteroatoms. The molecule has 3 rings (SSSR count). The van der Waals surface area contributed by atoms with Gasteiger partial charge in [-0.05, 0) is 12.1 Å². The predicted molar refractivity (Wildman–Crippen MR) is 63.7 cm³/mol. The molecule has 78 valence electrons. The third-order valence-electron chi connectivity index (χ3n) is 2.57. The molecule has 3 N–H and O–H groups in total. The van der Waals surface area contributed by atoms with Gasteiger partial charge in [0, 0.05) is 17.0 Å². The summed E-state index contributed by atoms with van der Waals surface area (Å²) in [4.78, 5) is 3.12. The largest absolute Gasteiger partial charge is 0.382 e. The number of aromatic nitrogens is 3. The molecule has 2 aromatic heterocycles. The van der Waals surface area contributed by atoms with Crippen molar-refractivity contribution in [2.45, 2.75) is 0 Å². The first kappa shape index (κ1) is 8.91. The van der Waals surface area contributed by atoms with Gasteiger partial charge >= 0.3 is 0 Å². The molecule has 0 saturated heterocycles. The first-order valence-electron chi connectivity index (χ1n) is 5.01. The lowest BCUT2D eigenvalue weighted by molar-refractivity contribution is 1.06. The molecule has 16 heavy (non-hydrogen) atoms. The van der Waals surface area contributed by atoms with Crippen LogP contribution in [0.25, 0.3) is 22.2 Å². The Labute approximate surface area is 92.1 Å². The van der Waals surface area contributed by atoms with E-state index < -0.39 is 0 Å². The molecular weight excluding hydrogens is 200 g/mol. The zero-order valence-electron chi connectivity index (χ0n) is 8.51. The average Bonchev–Trinajstić information content (AvgIpc) is 2.83. The maximum absolute atomic E-state index is 5.79. The lowest BCUT2D eigenvalue weighted by Crippen LogP contribution is -1.97. The first-order valence-corrected chi connectivity index (χ1v) is 5.01. The monoisotopic (exact) mass is 210 g/mol. The van der Waals surface area contributed by atoms with Crippen molar-refractivity contribution in [1.82, 2.24) is 15.2 Å². The van der Waals surface area contributed by atoms with Crippen LogP contribution in [-0.4, -0.2) is 15.2 Å². The van der Waals surface area contributed by atoms with Crippen molar-refractivity contribution in [3.63, 3.8) is 0 Å². The third-order valence-corrected chi connectivity index (χ3v) is 2.57. The SMILES string of the molecule is Nc1nnc(-c2ccc[nH]2)c2ccccc12. The highest BCUT2D eigenvalue weighted by Gasteiger charge is 2.08. The van der Waals surface area contributed by atoms with Gasteiger partial charge in [-0.3, -0.25) is 0 Å². The van der Waals surface area contributed by atoms with Gasteiger partial charge in [-0.15, -0.1) is 10.2 Å². The molecule has 0 saturated carbocycles. The number of hydrogen-bond acceptors (Lipinski definition) is 3. The van der Waals surface area contributed by atoms with Crippen LogP contribution in [0.1, 0.15) is 0 Å². The van der Waals surface area contributed by atoms with E-state index in [1.807, 2.05) is 42.6 Å². The van der Waals surface area contributed by atoms with E-state index >= 15 is 0 Å². The van der Waals surface area contributed by atoms with Gasteiger partial charge in [-0.2, -0.15) is 0 Å². The Balaban J connectivity index is 2.39. The van der Waals surface area contributed by atoms with Gasteiger partial charge in [0.15, 0.2) is 5.82 Å². The number of nitrogens with two attached hydrogens (primary N) is 1. The molecule has 2 heterocycles. The Hall–Kier alpha value is -2.36. The molecule has 4 nitrogen and oxygen atoms in total. The van der Waals surface area contributed by atoms with Crippen LogP contribution >= 0.6 is 0 Å². The summed E-state index contributed by atoms with van der Waals surface area (Å²) < 4.78 is 0. The minimum Gasteiger partial charge on any atom is -0.382 e. The number of benzene rings is 1. The van der Waals surface area contributed by atoms with Crippen LogP contribution in [0.4, 0.5) is 5.82 Å². The Morgan fingerprint density at radius 1 is 0.938 bits per heavy atom. The van der Waals surface area contributed by atoms with Gasteiger partial charge in [0.05, 0.1) is 5.69 Å². The summed E-state index contributed by atoms with van der Waals surface area (Å²) in [5.41, 5.74) is 7.57. The van der Waals surface area contributed by atoms with Crippen LogP contribution in [0.2, 0.25) is 0 Å². The van der Waals surface area contributed by atoms with E-state index in [1.165, 1.54) is 0 Å². The number of nitrogens with one attached hydrogen (secondary N) is 1. The maximum atomic E-state index is 5.79. The quantitative estimate of drug-likeness (QED) is 0.647. The van der Waals surface area contributed by atoms with Gasteiger partial charge in [-0.1, -0.05) is 24.3 Å².